The Kier molecular flexibility index (Phi) is 4.35. The summed E-state index contributed by atoms with van der Waals surface area (Å²) in [6, 6.07) is 6.90. The summed E-state index contributed by atoms with van der Waals surface area (Å²) in [6.45, 7) is 6.86. The number of methoxy groups -OCH3 is 1. The molecule has 0 N–H and O–H groups in total. The van der Waals surface area contributed by atoms with E-state index in [0.29, 0.717) is 6.04 Å². The molecule has 1 atom stereocenters. The predicted molar refractivity (Wildman–Crippen MR) is 108 cm³/mol. The molecule has 0 radical (unpaired) electrons. The molecule has 2 aliphatic rings. The molecule has 0 aliphatic carbocycles. The molecule has 5 nitrogen and oxygen atoms in total. The number of likely N-dealkylation sites (N-methyl/N-ethyl adjacent to an activating group) is 1. The largest absolute Gasteiger partial charge is 0.496 e. The zero-order valence-electron chi connectivity index (χ0n) is 16.7. The Morgan fingerprint density at radius 3 is 2.59 bits per heavy atom. The lowest BCUT2D eigenvalue weighted by molar-refractivity contribution is 0.180. The highest BCUT2D eigenvalue weighted by Gasteiger charge is 2.34. The van der Waals surface area contributed by atoms with Gasteiger partial charge in [-0.25, -0.2) is 0 Å². The van der Waals surface area contributed by atoms with Crippen LogP contribution in [0, 0.1) is 13.8 Å². The van der Waals surface area contributed by atoms with Gasteiger partial charge in [0, 0.05) is 68.4 Å². The van der Waals surface area contributed by atoms with Crippen molar-refractivity contribution < 1.29 is 4.74 Å². The number of hydrogen-bond acceptors (Lipinski definition) is 4. The summed E-state index contributed by atoms with van der Waals surface area (Å²) in [7, 11) is 5.69. The van der Waals surface area contributed by atoms with Gasteiger partial charge in [0.2, 0.25) is 0 Å². The van der Waals surface area contributed by atoms with Gasteiger partial charge < -0.3 is 14.2 Å². The van der Waals surface area contributed by atoms with Crippen LogP contribution in [0.25, 0.3) is 11.1 Å². The summed E-state index contributed by atoms with van der Waals surface area (Å²) in [5, 5.41) is 0. The van der Waals surface area contributed by atoms with Crippen LogP contribution in [0.2, 0.25) is 0 Å². The van der Waals surface area contributed by atoms with Crippen LogP contribution in [0.1, 0.15) is 16.7 Å². The maximum atomic E-state index is 12.2. The van der Waals surface area contributed by atoms with E-state index in [1.165, 1.54) is 11.3 Å². The monoisotopic (exact) mass is 365 g/mol. The fourth-order valence-electron chi connectivity index (χ4n) is 4.22. The molecule has 0 fully saturated rings. The van der Waals surface area contributed by atoms with Gasteiger partial charge in [-0.05, 0) is 37.1 Å². The van der Waals surface area contributed by atoms with Crippen LogP contribution in [0.4, 0.5) is 0 Å². The average Bonchev–Trinajstić information content (AvgIpc) is 3.22. The number of ether oxygens (including phenoxy) is 1. The molecule has 2 aliphatic heterocycles. The molecule has 1 unspecified atom stereocenters. The molecule has 0 amide bonds. The number of nitrogens with zero attached hydrogens (tertiary/aromatic N) is 3. The van der Waals surface area contributed by atoms with Crippen LogP contribution in [0.15, 0.2) is 41.0 Å². The molecule has 0 spiro atoms. The molecular formula is C22H27N3O2. The lowest BCUT2D eigenvalue weighted by Crippen LogP contribution is -2.41. The third-order valence-corrected chi connectivity index (χ3v) is 6.07. The Labute approximate surface area is 160 Å². The Balaban J connectivity index is 1.64. The highest BCUT2D eigenvalue weighted by molar-refractivity contribution is 5.69. The number of aryl methyl sites for hydroxylation is 1. The molecular weight excluding hydrogens is 338 g/mol. The smallest absolute Gasteiger partial charge is 0.253 e. The zero-order chi connectivity index (χ0) is 19.3. The lowest BCUT2D eigenvalue weighted by atomic mass is 9.98. The molecule has 5 heteroatoms. The summed E-state index contributed by atoms with van der Waals surface area (Å²) in [5.41, 5.74) is 6.65. The maximum Gasteiger partial charge on any atom is 0.253 e. The van der Waals surface area contributed by atoms with Gasteiger partial charge in [0.15, 0.2) is 0 Å². The molecule has 2 bridgehead atoms. The lowest BCUT2D eigenvalue weighted by Gasteiger charge is -2.33. The van der Waals surface area contributed by atoms with Crippen molar-refractivity contribution in [3.05, 3.63) is 63.2 Å². The van der Waals surface area contributed by atoms with E-state index in [2.05, 4.69) is 41.1 Å². The van der Waals surface area contributed by atoms with Crippen LogP contribution in [-0.4, -0.2) is 47.7 Å². The molecule has 1 aromatic heterocycles. The van der Waals surface area contributed by atoms with E-state index in [1.54, 1.807) is 18.7 Å². The summed E-state index contributed by atoms with van der Waals surface area (Å²) >= 11 is 0. The molecule has 0 saturated carbocycles. The van der Waals surface area contributed by atoms with E-state index in [9.17, 15) is 4.79 Å². The minimum Gasteiger partial charge on any atom is -0.496 e. The van der Waals surface area contributed by atoms with Gasteiger partial charge >= 0.3 is 0 Å². The van der Waals surface area contributed by atoms with Gasteiger partial charge in [-0.15, -0.1) is 0 Å². The first-order valence-electron chi connectivity index (χ1n) is 9.39. The minimum atomic E-state index is 0.0580. The van der Waals surface area contributed by atoms with Crippen LogP contribution in [0.3, 0.4) is 0 Å². The molecule has 27 heavy (non-hydrogen) atoms. The molecule has 1 aromatic carbocycles. The third-order valence-electron chi connectivity index (χ3n) is 6.07. The van der Waals surface area contributed by atoms with Gasteiger partial charge in [0.05, 0.1) is 7.11 Å². The van der Waals surface area contributed by atoms with Gasteiger partial charge in [0.25, 0.3) is 5.56 Å². The fraction of sp³-hybridized carbons (Fsp3) is 0.409. The quantitative estimate of drug-likeness (QED) is 0.835. The number of fused-ring (bicyclic) bond motifs is 1. The van der Waals surface area contributed by atoms with Gasteiger partial charge in [-0.3, -0.25) is 9.69 Å². The first-order chi connectivity index (χ1) is 12.9. The fourth-order valence-corrected chi connectivity index (χ4v) is 4.22. The van der Waals surface area contributed by atoms with Crippen molar-refractivity contribution in [2.75, 3.05) is 27.2 Å². The second kappa shape index (κ2) is 6.57. The number of aromatic nitrogens is 1. The van der Waals surface area contributed by atoms with E-state index < -0.39 is 0 Å². The average molecular weight is 365 g/mol. The first-order valence-corrected chi connectivity index (χ1v) is 9.39. The minimum absolute atomic E-state index is 0.0580. The second-order valence-electron chi connectivity index (χ2n) is 7.75. The summed E-state index contributed by atoms with van der Waals surface area (Å²) < 4.78 is 7.38. The zero-order valence-corrected chi connectivity index (χ0v) is 16.7. The number of rotatable bonds is 4. The van der Waals surface area contributed by atoms with Crippen LogP contribution in [0.5, 0.6) is 5.75 Å². The Morgan fingerprint density at radius 1 is 1.19 bits per heavy atom. The number of hydrogen-bond donors (Lipinski definition) is 0. The van der Waals surface area contributed by atoms with Crippen LogP contribution < -0.4 is 10.3 Å². The number of piperazine rings is 1. The highest BCUT2D eigenvalue weighted by atomic mass is 16.5. The predicted octanol–water partition coefficient (Wildman–Crippen LogP) is 2.69. The van der Waals surface area contributed by atoms with Gasteiger partial charge in [-0.1, -0.05) is 12.1 Å². The van der Waals surface area contributed by atoms with Crippen molar-refractivity contribution in [3.8, 4) is 16.9 Å². The topological polar surface area (TPSA) is 37.7 Å². The summed E-state index contributed by atoms with van der Waals surface area (Å²) in [5.74, 6) is 0.902. The van der Waals surface area contributed by atoms with Crippen molar-refractivity contribution in [2.45, 2.75) is 26.4 Å². The van der Waals surface area contributed by atoms with Gasteiger partial charge in [0.1, 0.15) is 5.75 Å². The Hall–Kier alpha value is -2.53. The Bertz CT molecular complexity index is 990. The summed E-state index contributed by atoms with van der Waals surface area (Å²) in [4.78, 5) is 17.0. The van der Waals surface area contributed by atoms with E-state index in [4.69, 9.17) is 4.74 Å². The third kappa shape index (κ3) is 2.96. The van der Waals surface area contributed by atoms with E-state index in [0.717, 1.165) is 47.6 Å². The molecule has 0 saturated heterocycles. The van der Waals surface area contributed by atoms with Crippen molar-refractivity contribution >= 4 is 0 Å². The number of benzene rings is 1. The SMILES string of the molecule is COc1cc(-c2cn(C)c(=O)c(C)c2C)ccc1CN1CC2=CC1CN2C. The first kappa shape index (κ1) is 17.9. The van der Waals surface area contributed by atoms with Crippen LogP contribution in [-0.2, 0) is 13.6 Å². The van der Waals surface area contributed by atoms with E-state index in [1.807, 2.05) is 20.0 Å². The van der Waals surface area contributed by atoms with Crippen LogP contribution >= 0.6 is 0 Å². The van der Waals surface area contributed by atoms with E-state index >= 15 is 0 Å². The molecule has 2 aromatic rings. The molecule has 3 heterocycles. The van der Waals surface area contributed by atoms with Gasteiger partial charge in [-0.2, -0.15) is 0 Å². The standard InChI is InChI=1S/C22H27N3O2/c1-14-15(2)22(26)24(4)13-20(14)16-6-7-17(21(8-16)27-5)10-25-12-18-9-19(25)11-23(18)3/h6-9,13,19H,10-12H2,1-5H3. The molecule has 142 valence electrons. The highest BCUT2D eigenvalue weighted by Crippen LogP contribution is 2.33. The van der Waals surface area contributed by atoms with Crippen molar-refractivity contribution in [1.82, 2.24) is 14.4 Å². The maximum absolute atomic E-state index is 12.2. The van der Waals surface area contributed by atoms with Crippen molar-refractivity contribution in [2.24, 2.45) is 7.05 Å². The summed E-state index contributed by atoms with van der Waals surface area (Å²) in [6.07, 6.45) is 4.29. The van der Waals surface area contributed by atoms with Crippen molar-refractivity contribution in [3.63, 3.8) is 0 Å². The second-order valence-corrected chi connectivity index (χ2v) is 7.75. The molecule has 4 rings (SSSR count). The Morgan fingerprint density at radius 2 is 1.96 bits per heavy atom. The van der Waals surface area contributed by atoms with Crippen molar-refractivity contribution in [1.29, 1.82) is 0 Å². The number of pyridine rings is 1. The van der Waals surface area contributed by atoms with E-state index in [-0.39, 0.29) is 5.56 Å². The normalized spacial score (nSPS) is 18.9.